The van der Waals surface area contributed by atoms with Crippen LogP contribution in [-0.4, -0.2) is 49.1 Å². The molecule has 2 atom stereocenters. The number of benzene rings is 1. The van der Waals surface area contributed by atoms with Crippen LogP contribution < -0.4 is 20.3 Å². The van der Waals surface area contributed by atoms with Gasteiger partial charge in [0.2, 0.25) is 5.91 Å². The summed E-state index contributed by atoms with van der Waals surface area (Å²) in [5.74, 6) is -0.775. The van der Waals surface area contributed by atoms with Gasteiger partial charge in [-0.2, -0.15) is 0 Å². The molecule has 1 aromatic carbocycles. The molecule has 0 radical (unpaired) electrons. The number of hydrogen-bond donors (Lipinski definition) is 2. The van der Waals surface area contributed by atoms with Gasteiger partial charge in [0, 0.05) is 24.8 Å². The number of urea groups is 1. The van der Waals surface area contributed by atoms with E-state index in [0.29, 0.717) is 13.0 Å². The maximum Gasteiger partial charge on any atom is 0.573 e. The van der Waals surface area contributed by atoms with Gasteiger partial charge in [0.25, 0.3) is 0 Å². The van der Waals surface area contributed by atoms with E-state index >= 15 is 0 Å². The lowest BCUT2D eigenvalue weighted by Gasteiger charge is -2.38. The maximum absolute atomic E-state index is 12.6. The quantitative estimate of drug-likeness (QED) is 0.757. The Balaban J connectivity index is 1.27. The summed E-state index contributed by atoms with van der Waals surface area (Å²) in [5, 5.41) is 5.40. The number of halogens is 3. The first-order valence-corrected chi connectivity index (χ1v) is 10.1. The largest absolute Gasteiger partial charge is 0.573 e. The van der Waals surface area contributed by atoms with E-state index < -0.39 is 24.2 Å². The first-order valence-electron chi connectivity index (χ1n) is 10.1. The molecule has 1 spiro atoms. The zero-order chi connectivity index (χ0) is 21.4. The molecule has 30 heavy (non-hydrogen) atoms. The van der Waals surface area contributed by atoms with Crippen LogP contribution in [0, 0.1) is 0 Å². The number of hydrogen-bond acceptors (Lipinski definition) is 4. The second-order valence-corrected chi connectivity index (χ2v) is 8.05. The summed E-state index contributed by atoms with van der Waals surface area (Å²) in [6.07, 6.45) is 0.821. The molecule has 2 saturated heterocycles. The van der Waals surface area contributed by atoms with Gasteiger partial charge in [0.15, 0.2) is 0 Å². The van der Waals surface area contributed by atoms with Gasteiger partial charge in [-0.05, 0) is 50.7 Å². The van der Waals surface area contributed by atoms with Crippen LogP contribution in [0.25, 0.3) is 0 Å². The molecule has 1 aliphatic carbocycles. The number of rotatable bonds is 5. The average molecular weight is 427 g/mol. The molecular formula is C20H24F3N3O4. The zero-order valence-electron chi connectivity index (χ0n) is 16.3. The third-order valence-corrected chi connectivity index (χ3v) is 5.97. The van der Waals surface area contributed by atoms with Crippen molar-refractivity contribution in [3.8, 4) is 5.75 Å². The summed E-state index contributed by atoms with van der Waals surface area (Å²) in [6.45, 7) is 0.669. The Morgan fingerprint density at radius 2 is 2.07 bits per heavy atom. The van der Waals surface area contributed by atoms with Crippen LogP contribution in [0.1, 0.15) is 38.5 Å². The van der Waals surface area contributed by atoms with Crippen molar-refractivity contribution >= 4 is 17.6 Å². The number of nitrogens with one attached hydrogen (secondary N) is 2. The smallest absolute Gasteiger partial charge is 0.406 e. The van der Waals surface area contributed by atoms with Gasteiger partial charge in [0.05, 0.1) is 11.7 Å². The second kappa shape index (κ2) is 7.98. The molecule has 0 bridgehead atoms. The summed E-state index contributed by atoms with van der Waals surface area (Å²) in [7, 11) is 0. The van der Waals surface area contributed by atoms with Gasteiger partial charge in [-0.1, -0.05) is 6.07 Å². The minimum Gasteiger partial charge on any atom is -0.406 e. The monoisotopic (exact) mass is 427 g/mol. The highest BCUT2D eigenvalue weighted by molar-refractivity contribution is 6.01. The summed E-state index contributed by atoms with van der Waals surface area (Å²) < 4.78 is 47.2. The molecule has 3 fully saturated rings. The predicted molar refractivity (Wildman–Crippen MR) is 101 cm³/mol. The minimum atomic E-state index is -4.81. The molecule has 3 aliphatic rings. The number of carbonyl (C=O) groups excluding carboxylic acids is 2. The van der Waals surface area contributed by atoms with Gasteiger partial charge in [-0.15, -0.1) is 13.2 Å². The number of nitrogens with zero attached hydrogens (tertiary/aromatic N) is 1. The fourth-order valence-corrected chi connectivity index (χ4v) is 4.31. The summed E-state index contributed by atoms with van der Waals surface area (Å²) >= 11 is 0. The van der Waals surface area contributed by atoms with E-state index in [1.54, 1.807) is 0 Å². The molecule has 3 amide bonds. The highest BCUT2D eigenvalue weighted by Gasteiger charge is 2.44. The van der Waals surface area contributed by atoms with Crippen molar-refractivity contribution in [2.75, 3.05) is 18.0 Å². The molecule has 7 nitrogen and oxygen atoms in total. The van der Waals surface area contributed by atoms with Crippen molar-refractivity contribution in [1.29, 1.82) is 0 Å². The van der Waals surface area contributed by atoms with Crippen molar-refractivity contribution in [3.63, 3.8) is 0 Å². The van der Waals surface area contributed by atoms with E-state index in [-0.39, 0.29) is 29.8 Å². The normalized spacial score (nSPS) is 25.3. The van der Waals surface area contributed by atoms with Crippen molar-refractivity contribution < 1.29 is 32.2 Å². The van der Waals surface area contributed by atoms with Crippen LogP contribution in [0.3, 0.4) is 0 Å². The molecule has 2 N–H and O–H groups in total. The number of alkyl halides is 3. The molecule has 2 heterocycles. The Hall–Kier alpha value is -2.49. The summed E-state index contributed by atoms with van der Waals surface area (Å²) in [5.41, 5.74) is 0.311. The van der Waals surface area contributed by atoms with E-state index in [1.165, 1.54) is 29.5 Å². The van der Waals surface area contributed by atoms with Gasteiger partial charge >= 0.3 is 12.4 Å². The van der Waals surface area contributed by atoms with Gasteiger partial charge < -0.3 is 25.0 Å². The Labute approximate surface area is 171 Å². The molecule has 2 unspecified atom stereocenters. The first kappa shape index (κ1) is 20.8. The van der Waals surface area contributed by atoms with Crippen LogP contribution >= 0.6 is 0 Å². The van der Waals surface area contributed by atoms with Crippen LogP contribution in [0.2, 0.25) is 0 Å². The SMILES string of the molecule is O=C(NCC1CCC2(CCC2)O1)NC1CCN(c2cccc(OC(F)(F)F)c2)C1=O. The van der Waals surface area contributed by atoms with Crippen molar-refractivity contribution in [1.82, 2.24) is 10.6 Å². The molecule has 1 saturated carbocycles. The third-order valence-electron chi connectivity index (χ3n) is 5.97. The Morgan fingerprint density at radius 1 is 1.27 bits per heavy atom. The van der Waals surface area contributed by atoms with Crippen LogP contribution in [-0.2, 0) is 9.53 Å². The number of ether oxygens (including phenoxy) is 2. The van der Waals surface area contributed by atoms with Gasteiger partial charge in [-0.25, -0.2) is 4.79 Å². The summed E-state index contributed by atoms with van der Waals surface area (Å²) in [4.78, 5) is 26.2. The van der Waals surface area contributed by atoms with Crippen LogP contribution in [0.5, 0.6) is 5.75 Å². The molecule has 10 heteroatoms. The summed E-state index contributed by atoms with van der Waals surface area (Å²) in [6, 6.07) is 4.04. The van der Waals surface area contributed by atoms with Crippen molar-refractivity contribution in [2.24, 2.45) is 0 Å². The highest BCUT2D eigenvalue weighted by atomic mass is 19.4. The Bertz CT molecular complexity index is 813. The highest BCUT2D eigenvalue weighted by Crippen LogP contribution is 2.45. The third kappa shape index (κ3) is 4.63. The van der Waals surface area contributed by atoms with Gasteiger partial charge in [-0.3, -0.25) is 4.79 Å². The minimum absolute atomic E-state index is 0.0109. The van der Waals surface area contributed by atoms with E-state index in [0.717, 1.165) is 31.7 Å². The standard InChI is InChI=1S/C20H24F3N3O4/c21-20(22,23)30-14-4-1-3-13(11-14)26-10-6-16(17(26)27)25-18(28)24-12-15-5-9-19(29-15)7-2-8-19/h1,3-4,11,15-16H,2,5-10,12H2,(H2,24,25,28). The second-order valence-electron chi connectivity index (χ2n) is 8.05. The van der Waals surface area contributed by atoms with E-state index in [9.17, 15) is 22.8 Å². The number of anilines is 1. The Kier molecular flexibility index (Phi) is 5.52. The Morgan fingerprint density at radius 3 is 2.73 bits per heavy atom. The molecule has 2 aliphatic heterocycles. The lowest BCUT2D eigenvalue weighted by Crippen LogP contribution is -2.48. The number of carbonyl (C=O) groups is 2. The van der Waals surface area contributed by atoms with E-state index in [4.69, 9.17) is 4.74 Å². The lowest BCUT2D eigenvalue weighted by atomic mass is 9.78. The fraction of sp³-hybridized carbons (Fsp3) is 0.600. The average Bonchev–Trinajstić information content (AvgIpc) is 3.24. The molecular weight excluding hydrogens is 403 g/mol. The van der Waals surface area contributed by atoms with Crippen LogP contribution in [0.15, 0.2) is 24.3 Å². The molecule has 4 rings (SSSR count). The maximum atomic E-state index is 12.6. The zero-order valence-corrected chi connectivity index (χ0v) is 16.3. The van der Waals surface area contributed by atoms with E-state index in [2.05, 4.69) is 15.4 Å². The fourth-order valence-electron chi connectivity index (χ4n) is 4.31. The molecule has 0 aromatic heterocycles. The van der Waals surface area contributed by atoms with Crippen molar-refractivity contribution in [3.05, 3.63) is 24.3 Å². The topological polar surface area (TPSA) is 79.9 Å². The van der Waals surface area contributed by atoms with Crippen molar-refractivity contribution in [2.45, 2.75) is 62.6 Å². The first-order chi connectivity index (χ1) is 14.2. The van der Waals surface area contributed by atoms with Crippen LogP contribution in [0.4, 0.5) is 23.7 Å². The van der Waals surface area contributed by atoms with E-state index in [1.807, 2.05) is 0 Å². The van der Waals surface area contributed by atoms with Gasteiger partial charge in [0.1, 0.15) is 11.8 Å². The lowest BCUT2D eigenvalue weighted by molar-refractivity contribution is -0.274. The number of amides is 3. The predicted octanol–water partition coefficient (Wildman–Crippen LogP) is 3.09. The molecule has 1 aromatic rings. The molecule has 164 valence electrons.